The highest BCUT2D eigenvalue weighted by atomic mass is 16.3. The second-order valence-corrected chi connectivity index (χ2v) is 5.48. The minimum absolute atomic E-state index is 0.0835. The zero-order valence-electron chi connectivity index (χ0n) is 12.9. The number of hydrogen-bond acceptors (Lipinski definition) is 4. The summed E-state index contributed by atoms with van der Waals surface area (Å²) >= 11 is 0. The molecule has 23 heavy (non-hydrogen) atoms. The predicted molar refractivity (Wildman–Crippen MR) is 88.3 cm³/mol. The third kappa shape index (κ3) is 3.85. The van der Waals surface area contributed by atoms with E-state index in [2.05, 4.69) is 27.1 Å². The number of nitrogens with one attached hydrogen (secondary N) is 1. The van der Waals surface area contributed by atoms with Gasteiger partial charge in [-0.2, -0.15) is 0 Å². The van der Waals surface area contributed by atoms with Crippen molar-refractivity contribution in [2.75, 3.05) is 19.7 Å². The van der Waals surface area contributed by atoms with Crippen molar-refractivity contribution < 1.29 is 5.11 Å². The van der Waals surface area contributed by atoms with Crippen molar-refractivity contribution in [1.82, 2.24) is 19.5 Å². The molecule has 0 aliphatic carbocycles. The lowest BCUT2D eigenvalue weighted by Crippen LogP contribution is -2.30. The van der Waals surface area contributed by atoms with E-state index >= 15 is 0 Å². The Morgan fingerprint density at radius 2 is 2.00 bits per heavy atom. The van der Waals surface area contributed by atoms with Gasteiger partial charge in [0.2, 0.25) is 0 Å². The molecule has 2 N–H and O–H groups in total. The zero-order valence-corrected chi connectivity index (χ0v) is 12.9. The van der Waals surface area contributed by atoms with Gasteiger partial charge in [0.15, 0.2) is 5.65 Å². The standard InChI is InChI=1S/C17H20N4O2/c22-11-10-20(9-7-14-4-2-1-3-5-14)13-15-12-17(23)21-16(19-15)6-8-18-21/h1-6,8,12,18,22H,7,9-11,13H2. The van der Waals surface area contributed by atoms with E-state index < -0.39 is 0 Å². The van der Waals surface area contributed by atoms with Gasteiger partial charge < -0.3 is 5.11 Å². The largest absolute Gasteiger partial charge is 0.395 e. The first kappa shape index (κ1) is 15.5. The summed E-state index contributed by atoms with van der Waals surface area (Å²) in [5.74, 6) is 0. The third-order valence-corrected chi connectivity index (χ3v) is 3.80. The number of aliphatic hydroxyl groups is 1. The molecule has 3 rings (SSSR count). The Kier molecular flexibility index (Phi) is 4.85. The molecular weight excluding hydrogens is 292 g/mol. The number of aromatic amines is 1. The van der Waals surface area contributed by atoms with E-state index in [4.69, 9.17) is 0 Å². The van der Waals surface area contributed by atoms with Crippen molar-refractivity contribution in [3.05, 3.63) is 70.3 Å². The molecule has 0 spiro atoms. The van der Waals surface area contributed by atoms with Gasteiger partial charge in [0.05, 0.1) is 12.3 Å². The van der Waals surface area contributed by atoms with Crippen molar-refractivity contribution in [1.29, 1.82) is 0 Å². The van der Waals surface area contributed by atoms with Crippen LogP contribution in [0.4, 0.5) is 0 Å². The number of aliphatic hydroxyl groups excluding tert-OH is 1. The van der Waals surface area contributed by atoms with Crippen LogP contribution in [0, 0.1) is 0 Å². The molecule has 0 fully saturated rings. The lowest BCUT2D eigenvalue weighted by atomic mass is 10.1. The van der Waals surface area contributed by atoms with Crippen LogP contribution in [-0.4, -0.2) is 44.3 Å². The average Bonchev–Trinajstić information content (AvgIpc) is 3.03. The van der Waals surface area contributed by atoms with Crippen molar-refractivity contribution in [3.63, 3.8) is 0 Å². The van der Waals surface area contributed by atoms with Gasteiger partial charge >= 0.3 is 0 Å². The Balaban J connectivity index is 1.71. The number of nitrogens with zero attached hydrogens (tertiary/aromatic N) is 3. The molecule has 6 nitrogen and oxygen atoms in total. The molecular formula is C17H20N4O2. The van der Waals surface area contributed by atoms with E-state index in [-0.39, 0.29) is 12.2 Å². The molecule has 0 atom stereocenters. The van der Waals surface area contributed by atoms with Gasteiger partial charge in [-0.05, 0) is 12.0 Å². The summed E-state index contributed by atoms with van der Waals surface area (Å²) in [6.45, 7) is 1.99. The second kappa shape index (κ2) is 7.21. The summed E-state index contributed by atoms with van der Waals surface area (Å²) in [6.07, 6.45) is 2.58. The summed E-state index contributed by atoms with van der Waals surface area (Å²) in [5, 5.41) is 12.1. The van der Waals surface area contributed by atoms with Gasteiger partial charge in [-0.1, -0.05) is 30.3 Å². The monoisotopic (exact) mass is 312 g/mol. The van der Waals surface area contributed by atoms with E-state index in [0.717, 1.165) is 18.7 Å². The first-order valence-corrected chi connectivity index (χ1v) is 7.69. The highest BCUT2D eigenvalue weighted by Gasteiger charge is 2.09. The molecule has 0 aliphatic heterocycles. The molecule has 0 aliphatic rings. The van der Waals surface area contributed by atoms with Crippen molar-refractivity contribution >= 4 is 5.65 Å². The molecule has 0 unspecified atom stereocenters. The van der Waals surface area contributed by atoms with Crippen LogP contribution in [0.3, 0.4) is 0 Å². The quantitative estimate of drug-likeness (QED) is 0.684. The SMILES string of the molecule is O=c1cc(CN(CCO)CCc2ccccc2)nc2cc[nH]n12. The molecule has 0 bridgehead atoms. The van der Waals surface area contributed by atoms with Crippen LogP contribution in [0.15, 0.2) is 53.5 Å². The first-order valence-electron chi connectivity index (χ1n) is 7.69. The van der Waals surface area contributed by atoms with Crippen LogP contribution in [0.2, 0.25) is 0 Å². The van der Waals surface area contributed by atoms with Crippen LogP contribution < -0.4 is 5.56 Å². The molecule has 120 valence electrons. The maximum absolute atomic E-state index is 12.0. The highest BCUT2D eigenvalue weighted by Crippen LogP contribution is 2.05. The third-order valence-electron chi connectivity index (χ3n) is 3.80. The molecule has 0 radical (unpaired) electrons. The Labute approximate surface area is 134 Å². The van der Waals surface area contributed by atoms with Gasteiger partial charge in [0, 0.05) is 38.0 Å². The van der Waals surface area contributed by atoms with Crippen LogP contribution in [0.5, 0.6) is 0 Å². The van der Waals surface area contributed by atoms with Crippen LogP contribution >= 0.6 is 0 Å². The average molecular weight is 312 g/mol. The van der Waals surface area contributed by atoms with Crippen LogP contribution in [0.1, 0.15) is 11.3 Å². The normalized spacial score (nSPS) is 11.4. The van der Waals surface area contributed by atoms with Crippen molar-refractivity contribution in [2.24, 2.45) is 0 Å². The van der Waals surface area contributed by atoms with Crippen LogP contribution in [-0.2, 0) is 13.0 Å². The van der Waals surface area contributed by atoms with Crippen LogP contribution in [0.25, 0.3) is 5.65 Å². The highest BCUT2D eigenvalue weighted by molar-refractivity contribution is 5.36. The van der Waals surface area contributed by atoms with Gasteiger partial charge in [-0.15, -0.1) is 0 Å². The summed E-state index contributed by atoms with van der Waals surface area (Å²) in [7, 11) is 0. The van der Waals surface area contributed by atoms with Gasteiger partial charge in [0.25, 0.3) is 5.56 Å². The fraction of sp³-hybridized carbons (Fsp3) is 0.294. The predicted octanol–water partition coefficient (Wildman–Crippen LogP) is 1.06. The van der Waals surface area contributed by atoms with E-state index in [1.807, 2.05) is 18.2 Å². The Morgan fingerprint density at radius 1 is 1.17 bits per heavy atom. The number of benzene rings is 1. The summed E-state index contributed by atoms with van der Waals surface area (Å²) in [4.78, 5) is 18.6. The van der Waals surface area contributed by atoms with Crippen molar-refractivity contribution in [3.8, 4) is 0 Å². The van der Waals surface area contributed by atoms with E-state index in [1.54, 1.807) is 12.3 Å². The van der Waals surface area contributed by atoms with E-state index in [1.165, 1.54) is 16.1 Å². The summed E-state index contributed by atoms with van der Waals surface area (Å²) < 4.78 is 1.41. The summed E-state index contributed by atoms with van der Waals surface area (Å²) in [6, 6.07) is 13.5. The van der Waals surface area contributed by atoms with E-state index in [9.17, 15) is 9.90 Å². The van der Waals surface area contributed by atoms with Gasteiger partial charge in [-0.3, -0.25) is 14.8 Å². The number of rotatable bonds is 7. The van der Waals surface area contributed by atoms with Gasteiger partial charge in [-0.25, -0.2) is 9.50 Å². The minimum Gasteiger partial charge on any atom is -0.395 e. The zero-order chi connectivity index (χ0) is 16.1. The molecule has 0 saturated heterocycles. The number of H-pyrrole nitrogens is 1. The minimum atomic E-state index is -0.123. The topological polar surface area (TPSA) is 73.6 Å². The fourth-order valence-electron chi connectivity index (χ4n) is 2.63. The molecule has 3 aromatic rings. The lowest BCUT2D eigenvalue weighted by molar-refractivity contribution is 0.190. The smallest absolute Gasteiger partial charge is 0.272 e. The maximum Gasteiger partial charge on any atom is 0.272 e. The molecule has 2 heterocycles. The lowest BCUT2D eigenvalue weighted by Gasteiger charge is -2.20. The van der Waals surface area contributed by atoms with Gasteiger partial charge in [0.1, 0.15) is 0 Å². The molecule has 6 heteroatoms. The second-order valence-electron chi connectivity index (χ2n) is 5.48. The summed E-state index contributed by atoms with van der Waals surface area (Å²) in [5.41, 5.74) is 2.46. The molecule has 0 amide bonds. The molecule has 1 aromatic carbocycles. The molecule has 0 saturated carbocycles. The van der Waals surface area contributed by atoms with E-state index in [0.29, 0.717) is 18.7 Å². The number of fused-ring (bicyclic) bond motifs is 1. The number of hydrogen-bond donors (Lipinski definition) is 2. The first-order chi connectivity index (χ1) is 11.3. The Bertz CT molecular complexity index is 810. The Morgan fingerprint density at radius 3 is 2.78 bits per heavy atom. The molecule has 2 aromatic heterocycles. The number of aromatic nitrogens is 3. The Hall–Kier alpha value is -2.44. The van der Waals surface area contributed by atoms with Crippen molar-refractivity contribution in [2.45, 2.75) is 13.0 Å². The fourth-order valence-corrected chi connectivity index (χ4v) is 2.63. The maximum atomic E-state index is 12.0.